The van der Waals surface area contributed by atoms with Gasteiger partial charge in [0.05, 0.1) is 16.2 Å². The van der Waals surface area contributed by atoms with Gasteiger partial charge in [-0.2, -0.15) is 0 Å². The Kier molecular flexibility index (Phi) is 24.6. The molecular formula is C22H45KO4S. The van der Waals surface area contributed by atoms with Gasteiger partial charge in [-0.3, -0.25) is 0 Å². The number of hydrogen-bond donors (Lipinski definition) is 1. The van der Waals surface area contributed by atoms with Crippen molar-refractivity contribution < 1.29 is 69.5 Å². The summed E-state index contributed by atoms with van der Waals surface area (Å²) in [6.45, 7) is 3.96. The molecule has 0 aliphatic rings. The largest absolute Gasteiger partial charge is 1.00 e. The Bertz CT molecular complexity index is 415. The van der Waals surface area contributed by atoms with Gasteiger partial charge in [-0.05, 0) is 25.7 Å². The first-order valence-electron chi connectivity index (χ1n) is 11.5. The zero-order valence-electron chi connectivity index (χ0n) is 19.0. The molecule has 0 spiro atoms. The van der Waals surface area contributed by atoms with Gasteiger partial charge in [0.1, 0.15) is 0 Å². The maximum atomic E-state index is 11.2. The molecule has 0 fully saturated rings. The average molecular weight is 445 g/mol. The minimum atomic E-state index is -4.11. The molecule has 0 rings (SSSR count). The van der Waals surface area contributed by atoms with Crippen molar-refractivity contribution in [1.82, 2.24) is 0 Å². The Morgan fingerprint density at radius 3 is 1.36 bits per heavy atom. The predicted molar refractivity (Wildman–Crippen MR) is 114 cm³/mol. The summed E-state index contributed by atoms with van der Waals surface area (Å²) in [5, 5.41) is 8.82. The van der Waals surface area contributed by atoms with E-state index in [4.69, 9.17) is 0 Å². The van der Waals surface area contributed by atoms with Crippen LogP contribution in [-0.4, -0.2) is 29.4 Å². The number of aliphatic hydroxyl groups excluding tert-OH is 1. The van der Waals surface area contributed by atoms with Crippen molar-refractivity contribution in [3.8, 4) is 0 Å². The minimum Gasteiger partial charge on any atom is -0.748 e. The van der Waals surface area contributed by atoms with Crippen molar-refractivity contribution in [2.45, 2.75) is 141 Å². The van der Waals surface area contributed by atoms with Gasteiger partial charge >= 0.3 is 51.4 Å². The van der Waals surface area contributed by atoms with E-state index in [1.54, 1.807) is 0 Å². The van der Waals surface area contributed by atoms with Gasteiger partial charge in [-0.25, -0.2) is 8.42 Å². The molecule has 4 nitrogen and oxygen atoms in total. The zero-order valence-corrected chi connectivity index (χ0v) is 22.9. The molecule has 0 bridgehead atoms. The summed E-state index contributed by atoms with van der Waals surface area (Å²) in [6, 6.07) is 0. The minimum absolute atomic E-state index is 0. The van der Waals surface area contributed by atoms with E-state index < -0.39 is 15.4 Å². The van der Waals surface area contributed by atoms with Gasteiger partial charge in [0.2, 0.25) is 0 Å². The Hall–Kier alpha value is 1.51. The molecule has 6 heteroatoms. The molecule has 0 aromatic rings. The third kappa shape index (κ3) is 20.8. The van der Waals surface area contributed by atoms with Crippen LogP contribution in [0.3, 0.4) is 0 Å². The Labute approximate surface area is 218 Å². The van der Waals surface area contributed by atoms with Crippen LogP contribution < -0.4 is 51.4 Å². The quantitative estimate of drug-likeness (QED) is 0.177. The summed E-state index contributed by atoms with van der Waals surface area (Å²) < 4.78 is 33.5. The van der Waals surface area contributed by atoms with Crippen molar-refractivity contribution in [3.63, 3.8) is 0 Å². The second-order valence-electron chi connectivity index (χ2n) is 8.14. The molecule has 0 saturated heterocycles. The normalized spacial score (nSPS) is 13.9. The molecule has 0 aliphatic carbocycles. The average Bonchev–Trinajstić information content (AvgIpc) is 2.62. The molecule has 0 aromatic heterocycles. The number of hydrogen-bond acceptors (Lipinski definition) is 4. The molecule has 0 aliphatic heterocycles. The molecule has 164 valence electrons. The van der Waals surface area contributed by atoms with Crippen LogP contribution in [0.5, 0.6) is 0 Å². The summed E-state index contributed by atoms with van der Waals surface area (Å²) >= 11 is 0. The monoisotopic (exact) mass is 444 g/mol. The summed E-state index contributed by atoms with van der Waals surface area (Å²) in [7, 11) is -4.11. The third-order valence-electron chi connectivity index (χ3n) is 5.55. The van der Waals surface area contributed by atoms with Gasteiger partial charge in [0, 0.05) is 5.25 Å². The standard InChI is InChI=1S/C22H46O4S.K/c1-3-18-22(27(24,25)26)20-17-15-13-11-9-7-5-6-8-10-12-14-16-19-21(23)4-2;/h21-23H,3-20H2,1-2H3,(H,24,25,26);/q;+1/p-1. The molecule has 0 heterocycles. The van der Waals surface area contributed by atoms with E-state index in [1.807, 2.05) is 13.8 Å². The molecule has 2 unspecified atom stereocenters. The molecule has 0 radical (unpaired) electrons. The van der Waals surface area contributed by atoms with Crippen LogP contribution in [0.15, 0.2) is 0 Å². The van der Waals surface area contributed by atoms with Crippen molar-refractivity contribution >= 4 is 10.1 Å². The number of rotatable bonds is 20. The maximum Gasteiger partial charge on any atom is 1.00 e. The SMILES string of the molecule is CCCC(CCCCCCCCCCCCCCCC(O)CC)S(=O)(=O)[O-].[K+]. The smallest absolute Gasteiger partial charge is 0.748 e. The van der Waals surface area contributed by atoms with Gasteiger partial charge in [-0.1, -0.05) is 104 Å². The summed E-state index contributed by atoms with van der Waals surface area (Å²) in [6.07, 6.45) is 19.4. The molecule has 0 aromatic carbocycles. The van der Waals surface area contributed by atoms with Crippen LogP contribution in [0, 0.1) is 0 Å². The molecule has 28 heavy (non-hydrogen) atoms. The van der Waals surface area contributed by atoms with E-state index in [2.05, 4.69) is 0 Å². The maximum absolute atomic E-state index is 11.2. The Balaban J connectivity index is 0. The predicted octanol–water partition coefficient (Wildman–Crippen LogP) is 3.33. The fourth-order valence-electron chi connectivity index (χ4n) is 3.66. The van der Waals surface area contributed by atoms with Gasteiger partial charge in [-0.15, -0.1) is 0 Å². The molecular weight excluding hydrogens is 399 g/mol. The first-order valence-corrected chi connectivity index (χ1v) is 13.0. The third-order valence-corrected chi connectivity index (χ3v) is 6.84. The van der Waals surface area contributed by atoms with E-state index in [0.717, 1.165) is 44.9 Å². The zero-order chi connectivity index (χ0) is 20.4. The number of unbranched alkanes of at least 4 members (excludes halogenated alkanes) is 12. The molecule has 0 amide bonds. The van der Waals surface area contributed by atoms with Crippen molar-refractivity contribution in [2.24, 2.45) is 0 Å². The first kappa shape index (κ1) is 31.7. The van der Waals surface area contributed by atoms with Crippen molar-refractivity contribution in [1.29, 1.82) is 0 Å². The summed E-state index contributed by atoms with van der Waals surface area (Å²) in [5.41, 5.74) is 0. The first-order chi connectivity index (χ1) is 12.9. The second kappa shape index (κ2) is 21.7. The fourth-order valence-corrected chi connectivity index (χ4v) is 4.64. The van der Waals surface area contributed by atoms with Crippen LogP contribution in [0.25, 0.3) is 0 Å². The van der Waals surface area contributed by atoms with E-state index >= 15 is 0 Å². The van der Waals surface area contributed by atoms with Crippen molar-refractivity contribution in [3.05, 3.63) is 0 Å². The van der Waals surface area contributed by atoms with Crippen LogP contribution in [0.1, 0.15) is 129 Å². The second-order valence-corrected chi connectivity index (χ2v) is 9.79. The topological polar surface area (TPSA) is 77.4 Å². The van der Waals surface area contributed by atoms with E-state index in [9.17, 15) is 18.1 Å². The molecule has 1 N–H and O–H groups in total. The molecule has 2 atom stereocenters. The Morgan fingerprint density at radius 2 is 1.04 bits per heavy atom. The van der Waals surface area contributed by atoms with E-state index in [0.29, 0.717) is 12.8 Å². The van der Waals surface area contributed by atoms with Crippen molar-refractivity contribution in [2.75, 3.05) is 0 Å². The van der Waals surface area contributed by atoms with Gasteiger partial charge in [0.25, 0.3) is 0 Å². The molecule has 0 saturated carbocycles. The van der Waals surface area contributed by atoms with Gasteiger partial charge in [0.15, 0.2) is 0 Å². The van der Waals surface area contributed by atoms with E-state index in [-0.39, 0.29) is 57.5 Å². The van der Waals surface area contributed by atoms with Crippen LogP contribution in [0.2, 0.25) is 0 Å². The van der Waals surface area contributed by atoms with Gasteiger partial charge < -0.3 is 9.66 Å². The van der Waals surface area contributed by atoms with Crippen LogP contribution in [0.4, 0.5) is 0 Å². The van der Waals surface area contributed by atoms with Crippen LogP contribution >= 0.6 is 0 Å². The van der Waals surface area contributed by atoms with E-state index in [1.165, 1.54) is 57.8 Å². The summed E-state index contributed by atoms with van der Waals surface area (Å²) in [4.78, 5) is 0. The Morgan fingerprint density at radius 1 is 0.679 bits per heavy atom. The number of aliphatic hydroxyl groups is 1. The summed E-state index contributed by atoms with van der Waals surface area (Å²) in [5.74, 6) is 0. The van der Waals surface area contributed by atoms with Crippen LogP contribution in [-0.2, 0) is 10.1 Å². The fraction of sp³-hybridized carbons (Fsp3) is 1.00.